The van der Waals surface area contributed by atoms with Crippen molar-refractivity contribution in [3.05, 3.63) is 38.4 Å². The molecule has 0 bridgehead atoms. The molecule has 1 rings (SSSR count). The highest BCUT2D eigenvalue weighted by molar-refractivity contribution is 6.31. The molecule has 0 aromatic heterocycles. The second kappa shape index (κ2) is 4.94. The van der Waals surface area contributed by atoms with Gasteiger partial charge in [0.2, 0.25) is 0 Å². The second-order valence-electron chi connectivity index (χ2n) is 3.20. The SMILES string of the molecule is COC(=O)Cc1c(Cl)ccc(C)c1[N+](=O)[O-]. The zero-order valence-corrected chi connectivity index (χ0v) is 9.58. The lowest BCUT2D eigenvalue weighted by molar-refractivity contribution is -0.386. The third kappa shape index (κ3) is 2.49. The number of carbonyl (C=O) groups excluding carboxylic acids is 1. The number of nitrogens with zero attached hydrogens (tertiary/aromatic N) is 1. The van der Waals surface area contributed by atoms with Crippen LogP contribution in [0.4, 0.5) is 5.69 Å². The highest BCUT2D eigenvalue weighted by atomic mass is 35.5. The summed E-state index contributed by atoms with van der Waals surface area (Å²) in [5.74, 6) is -0.560. The molecular formula is C10H10ClNO4. The van der Waals surface area contributed by atoms with Crippen LogP contribution < -0.4 is 0 Å². The van der Waals surface area contributed by atoms with Crippen LogP contribution in [0, 0.1) is 17.0 Å². The van der Waals surface area contributed by atoms with Gasteiger partial charge in [-0.05, 0) is 13.0 Å². The van der Waals surface area contributed by atoms with Gasteiger partial charge < -0.3 is 4.74 Å². The number of hydrogen-bond acceptors (Lipinski definition) is 4. The molecule has 0 aliphatic carbocycles. The van der Waals surface area contributed by atoms with E-state index in [0.29, 0.717) is 5.56 Å². The second-order valence-corrected chi connectivity index (χ2v) is 3.61. The number of nitro benzene ring substituents is 1. The van der Waals surface area contributed by atoms with Crippen LogP contribution in [0.2, 0.25) is 5.02 Å². The molecule has 0 aliphatic heterocycles. The molecule has 6 heteroatoms. The van der Waals surface area contributed by atoms with Gasteiger partial charge in [0.1, 0.15) is 0 Å². The van der Waals surface area contributed by atoms with Crippen molar-refractivity contribution in [2.45, 2.75) is 13.3 Å². The van der Waals surface area contributed by atoms with Gasteiger partial charge in [0.25, 0.3) is 5.69 Å². The molecule has 0 N–H and O–H groups in total. The van der Waals surface area contributed by atoms with E-state index < -0.39 is 10.9 Å². The van der Waals surface area contributed by atoms with Crippen LogP contribution in [0.5, 0.6) is 0 Å². The topological polar surface area (TPSA) is 69.4 Å². The molecule has 0 atom stereocenters. The number of nitro groups is 1. The van der Waals surface area contributed by atoms with E-state index in [0.717, 1.165) is 0 Å². The van der Waals surface area contributed by atoms with Gasteiger partial charge in [-0.2, -0.15) is 0 Å². The largest absolute Gasteiger partial charge is 0.469 e. The number of ether oxygens (including phenoxy) is 1. The zero-order chi connectivity index (χ0) is 12.3. The predicted octanol–water partition coefficient (Wildman–Crippen LogP) is 2.27. The van der Waals surface area contributed by atoms with Gasteiger partial charge in [0.05, 0.1) is 29.0 Å². The molecule has 1 aromatic rings. The van der Waals surface area contributed by atoms with Crippen LogP contribution in [0.1, 0.15) is 11.1 Å². The Bertz CT molecular complexity index is 445. The van der Waals surface area contributed by atoms with Crippen molar-refractivity contribution in [3.63, 3.8) is 0 Å². The molecule has 0 radical (unpaired) electrons. The number of benzene rings is 1. The van der Waals surface area contributed by atoms with Crippen LogP contribution in [0.25, 0.3) is 0 Å². The molecule has 1 aromatic carbocycles. The van der Waals surface area contributed by atoms with Crippen molar-refractivity contribution in [2.75, 3.05) is 7.11 Å². The number of rotatable bonds is 3. The molecule has 16 heavy (non-hydrogen) atoms. The molecule has 0 unspecified atom stereocenters. The number of aryl methyl sites for hydroxylation is 1. The van der Waals surface area contributed by atoms with Crippen molar-refractivity contribution in [3.8, 4) is 0 Å². The number of halogens is 1. The third-order valence-corrected chi connectivity index (χ3v) is 2.51. The summed E-state index contributed by atoms with van der Waals surface area (Å²) >= 11 is 5.83. The minimum absolute atomic E-state index is 0.127. The Labute approximate surface area is 97.1 Å². The van der Waals surface area contributed by atoms with Crippen LogP contribution in [0.15, 0.2) is 12.1 Å². The van der Waals surface area contributed by atoms with Gasteiger partial charge in [-0.1, -0.05) is 17.7 Å². The van der Waals surface area contributed by atoms with Gasteiger partial charge in [-0.15, -0.1) is 0 Å². The number of esters is 1. The van der Waals surface area contributed by atoms with Crippen molar-refractivity contribution in [2.24, 2.45) is 0 Å². The lowest BCUT2D eigenvalue weighted by Gasteiger charge is -2.06. The summed E-state index contributed by atoms with van der Waals surface area (Å²) in [5.41, 5.74) is 0.532. The molecule has 0 spiro atoms. The van der Waals surface area contributed by atoms with Crippen molar-refractivity contribution in [1.82, 2.24) is 0 Å². The Kier molecular flexibility index (Phi) is 3.84. The fourth-order valence-electron chi connectivity index (χ4n) is 1.37. The Morgan fingerprint density at radius 2 is 2.19 bits per heavy atom. The van der Waals surface area contributed by atoms with Crippen LogP contribution in [0.3, 0.4) is 0 Å². The summed E-state index contributed by atoms with van der Waals surface area (Å²) in [5, 5.41) is 11.1. The highest BCUT2D eigenvalue weighted by Gasteiger charge is 2.22. The van der Waals surface area contributed by atoms with Crippen LogP contribution in [-0.4, -0.2) is 18.0 Å². The van der Waals surface area contributed by atoms with Gasteiger partial charge in [-0.25, -0.2) is 0 Å². The Morgan fingerprint density at radius 3 is 2.69 bits per heavy atom. The average molecular weight is 244 g/mol. The first kappa shape index (κ1) is 12.4. The zero-order valence-electron chi connectivity index (χ0n) is 8.82. The Morgan fingerprint density at radius 1 is 1.56 bits per heavy atom. The predicted molar refractivity (Wildman–Crippen MR) is 58.6 cm³/mol. The van der Waals surface area contributed by atoms with E-state index in [1.54, 1.807) is 13.0 Å². The number of hydrogen-bond donors (Lipinski definition) is 0. The normalized spacial score (nSPS) is 9.94. The van der Waals surface area contributed by atoms with E-state index in [1.165, 1.54) is 13.2 Å². The van der Waals surface area contributed by atoms with Crippen molar-refractivity contribution >= 4 is 23.3 Å². The number of carbonyl (C=O) groups is 1. The molecular weight excluding hydrogens is 234 g/mol. The molecule has 0 amide bonds. The quantitative estimate of drug-likeness (QED) is 0.464. The Hall–Kier alpha value is -1.62. The van der Waals surface area contributed by atoms with Crippen LogP contribution >= 0.6 is 11.6 Å². The molecule has 0 fully saturated rings. The molecule has 86 valence electrons. The first-order valence-electron chi connectivity index (χ1n) is 4.46. The summed E-state index contributed by atoms with van der Waals surface area (Å²) in [6.45, 7) is 1.59. The molecule has 0 heterocycles. The maximum absolute atomic E-state index is 11.1. The van der Waals surface area contributed by atoms with Crippen molar-refractivity contribution < 1.29 is 14.5 Å². The Balaban J connectivity index is 3.28. The van der Waals surface area contributed by atoms with E-state index in [-0.39, 0.29) is 22.7 Å². The third-order valence-electron chi connectivity index (χ3n) is 2.16. The summed E-state index contributed by atoms with van der Waals surface area (Å²) in [6.07, 6.45) is -0.201. The standard InChI is InChI=1S/C10H10ClNO4/c1-6-3-4-8(11)7(5-9(13)16-2)10(6)12(14)15/h3-4H,5H2,1-2H3. The minimum Gasteiger partial charge on any atom is -0.469 e. The van der Waals surface area contributed by atoms with Gasteiger partial charge in [0, 0.05) is 5.56 Å². The first-order chi connectivity index (χ1) is 7.47. The van der Waals surface area contributed by atoms with E-state index in [2.05, 4.69) is 4.74 Å². The maximum Gasteiger partial charge on any atom is 0.310 e. The lowest BCUT2D eigenvalue weighted by Crippen LogP contribution is -2.08. The highest BCUT2D eigenvalue weighted by Crippen LogP contribution is 2.30. The maximum atomic E-state index is 11.1. The monoisotopic (exact) mass is 243 g/mol. The fourth-order valence-corrected chi connectivity index (χ4v) is 1.59. The van der Waals surface area contributed by atoms with Gasteiger partial charge >= 0.3 is 5.97 Å². The van der Waals surface area contributed by atoms with E-state index in [1.807, 2.05) is 0 Å². The molecule has 0 aliphatic rings. The van der Waals surface area contributed by atoms with Crippen molar-refractivity contribution in [1.29, 1.82) is 0 Å². The van der Waals surface area contributed by atoms with Crippen LogP contribution in [-0.2, 0) is 16.0 Å². The van der Waals surface area contributed by atoms with Gasteiger partial charge in [0.15, 0.2) is 0 Å². The minimum atomic E-state index is -0.560. The number of methoxy groups -OCH3 is 1. The van der Waals surface area contributed by atoms with Gasteiger partial charge in [-0.3, -0.25) is 14.9 Å². The molecule has 0 saturated carbocycles. The summed E-state index contributed by atoms with van der Waals surface area (Å²) in [7, 11) is 1.22. The average Bonchev–Trinajstić information content (AvgIpc) is 2.22. The summed E-state index contributed by atoms with van der Waals surface area (Å²) < 4.78 is 4.46. The smallest absolute Gasteiger partial charge is 0.310 e. The lowest BCUT2D eigenvalue weighted by atomic mass is 10.1. The summed E-state index contributed by atoms with van der Waals surface area (Å²) in [6, 6.07) is 3.07. The van der Waals surface area contributed by atoms with E-state index >= 15 is 0 Å². The van der Waals surface area contributed by atoms with E-state index in [9.17, 15) is 14.9 Å². The first-order valence-corrected chi connectivity index (χ1v) is 4.84. The van der Waals surface area contributed by atoms with E-state index in [4.69, 9.17) is 11.6 Å². The molecule has 0 saturated heterocycles. The fraction of sp³-hybridized carbons (Fsp3) is 0.300. The summed E-state index contributed by atoms with van der Waals surface area (Å²) in [4.78, 5) is 21.4. The molecule has 5 nitrogen and oxygen atoms in total.